The van der Waals surface area contributed by atoms with Crippen LogP contribution in [0.2, 0.25) is 0 Å². The largest absolute Gasteiger partial charge is 0.490 e. The van der Waals surface area contributed by atoms with Crippen LogP contribution in [-0.4, -0.2) is 19.2 Å². The molecule has 2 nitrogen and oxygen atoms in total. The minimum atomic E-state index is 0.308. The van der Waals surface area contributed by atoms with E-state index in [1.807, 2.05) is 0 Å². The molecule has 1 aliphatic rings. The first-order valence-electron chi connectivity index (χ1n) is 8.31. The van der Waals surface area contributed by atoms with E-state index in [1.54, 1.807) is 0 Å². The van der Waals surface area contributed by atoms with Gasteiger partial charge in [0.15, 0.2) is 0 Å². The Bertz CT molecular complexity index is 422. The molecule has 0 aliphatic carbocycles. The first-order chi connectivity index (χ1) is 9.86. The third-order valence-electron chi connectivity index (χ3n) is 4.43. The maximum absolute atomic E-state index is 6.13. The van der Waals surface area contributed by atoms with Crippen LogP contribution < -0.4 is 10.1 Å². The first kappa shape index (κ1) is 16.4. The summed E-state index contributed by atoms with van der Waals surface area (Å²) in [6.45, 7) is 13.7. The van der Waals surface area contributed by atoms with Crippen LogP contribution in [0.5, 0.6) is 5.75 Å². The van der Waals surface area contributed by atoms with E-state index in [9.17, 15) is 0 Å². The van der Waals surface area contributed by atoms with Crippen molar-refractivity contribution in [2.24, 2.45) is 17.3 Å². The number of para-hydroxylation sites is 1. The Morgan fingerprint density at radius 2 is 1.90 bits per heavy atom. The second-order valence-corrected chi connectivity index (χ2v) is 7.90. The van der Waals surface area contributed by atoms with Gasteiger partial charge < -0.3 is 10.1 Å². The van der Waals surface area contributed by atoms with Crippen molar-refractivity contribution in [1.82, 2.24) is 5.32 Å². The van der Waals surface area contributed by atoms with Crippen molar-refractivity contribution in [3.63, 3.8) is 0 Å². The Labute approximate surface area is 130 Å². The average Bonchev–Trinajstić information content (AvgIpc) is 2.78. The summed E-state index contributed by atoms with van der Waals surface area (Å²) in [6, 6.07) is 8.46. The zero-order chi connectivity index (χ0) is 15.5. The number of fused-ring (bicyclic) bond motifs is 1. The molecule has 2 unspecified atom stereocenters. The van der Waals surface area contributed by atoms with Gasteiger partial charge in [-0.15, -0.1) is 0 Å². The van der Waals surface area contributed by atoms with Crippen molar-refractivity contribution < 1.29 is 4.74 Å². The minimum absolute atomic E-state index is 0.308. The molecule has 1 aromatic rings. The fourth-order valence-corrected chi connectivity index (χ4v) is 2.99. The molecular formula is C19H31NO. The van der Waals surface area contributed by atoms with E-state index in [0.29, 0.717) is 23.4 Å². The number of hydrogen-bond donors (Lipinski definition) is 1. The summed E-state index contributed by atoms with van der Waals surface area (Å²) >= 11 is 0. The second kappa shape index (κ2) is 6.83. The lowest BCUT2D eigenvalue weighted by atomic mass is 9.77. The van der Waals surface area contributed by atoms with Crippen molar-refractivity contribution in [1.29, 1.82) is 0 Å². The summed E-state index contributed by atoms with van der Waals surface area (Å²) in [5.74, 6) is 2.43. The van der Waals surface area contributed by atoms with E-state index >= 15 is 0 Å². The fraction of sp³-hybridized carbons (Fsp3) is 0.684. The minimum Gasteiger partial charge on any atom is -0.490 e. The van der Waals surface area contributed by atoms with Crippen LogP contribution >= 0.6 is 0 Å². The van der Waals surface area contributed by atoms with Crippen LogP contribution in [0.15, 0.2) is 24.3 Å². The second-order valence-electron chi connectivity index (χ2n) is 7.90. The van der Waals surface area contributed by atoms with Crippen molar-refractivity contribution >= 4 is 0 Å². The summed E-state index contributed by atoms with van der Waals surface area (Å²) in [4.78, 5) is 0. The van der Waals surface area contributed by atoms with Gasteiger partial charge in [-0.3, -0.25) is 0 Å². The molecule has 0 fully saturated rings. The highest BCUT2D eigenvalue weighted by Crippen LogP contribution is 2.35. The van der Waals surface area contributed by atoms with E-state index in [1.165, 1.54) is 5.56 Å². The summed E-state index contributed by atoms with van der Waals surface area (Å²) < 4.78 is 6.13. The SMILES string of the molecule is CC(C)CNCC(CC1Cc2ccccc2O1)C(C)(C)C. The molecule has 0 aromatic heterocycles. The molecule has 0 saturated heterocycles. The van der Waals surface area contributed by atoms with Crippen molar-refractivity contribution in [2.75, 3.05) is 13.1 Å². The molecule has 1 aliphatic heterocycles. The van der Waals surface area contributed by atoms with Gasteiger partial charge >= 0.3 is 0 Å². The van der Waals surface area contributed by atoms with Crippen LogP contribution in [0.3, 0.4) is 0 Å². The van der Waals surface area contributed by atoms with Crippen molar-refractivity contribution in [3.8, 4) is 5.75 Å². The molecule has 0 amide bonds. The van der Waals surface area contributed by atoms with Crippen LogP contribution in [-0.2, 0) is 6.42 Å². The van der Waals surface area contributed by atoms with Crippen LogP contribution in [0.4, 0.5) is 0 Å². The molecule has 118 valence electrons. The lowest BCUT2D eigenvalue weighted by molar-refractivity contribution is 0.133. The van der Waals surface area contributed by atoms with E-state index < -0.39 is 0 Å². The lowest BCUT2D eigenvalue weighted by Crippen LogP contribution is -2.36. The molecule has 2 rings (SSSR count). The molecule has 0 spiro atoms. The van der Waals surface area contributed by atoms with E-state index in [0.717, 1.165) is 31.7 Å². The summed E-state index contributed by atoms with van der Waals surface area (Å²) in [7, 11) is 0. The van der Waals surface area contributed by atoms with E-state index in [4.69, 9.17) is 4.74 Å². The first-order valence-corrected chi connectivity index (χ1v) is 8.31. The van der Waals surface area contributed by atoms with Gasteiger partial charge in [0, 0.05) is 6.42 Å². The number of hydrogen-bond acceptors (Lipinski definition) is 2. The summed E-state index contributed by atoms with van der Waals surface area (Å²) in [5, 5.41) is 3.63. The highest BCUT2D eigenvalue weighted by molar-refractivity contribution is 5.37. The number of rotatable bonds is 6. The third kappa shape index (κ3) is 4.74. The average molecular weight is 289 g/mol. The van der Waals surface area contributed by atoms with Gasteiger partial charge in [-0.2, -0.15) is 0 Å². The Hall–Kier alpha value is -1.02. The van der Waals surface area contributed by atoms with Gasteiger partial charge in [0.2, 0.25) is 0 Å². The third-order valence-corrected chi connectivity index (χ3v) is 4.43. The van der Waals surface area contributed by atoms with Gasteiger partial charge in [-0.25, -0.2) is 0 Å². The van der Waals surface area contributed by atoms with Gasteiger partial charge in [0.25, 0.3) is 0 Å². The number of benzene rings is 1. The Kier molecular flexibility index (Phi) is 5.32. The molecule has 1 aromatic carbocycles. The Morgan fingerprint density at radius 3 is 2.52 bits per heavy atom. The van der Waals surface area contributed by atoms with Crippen LogP contribution in [0.1, 0.15) is 46.6 Å². The number of ether oxygens (including phenoxy) is 1. The Morgan fingerprint density at radius 1 is 1.19 bits per heavy atom. The molecule has 2 heteroatoms. The van der Waals surface area contributed by atoms with E-state index in [-0.39, 0.29) is 0 Å². The molecule has 2 atom stereocenters. The normalized spacial score (nSPS) is 19.4. The highest BCUT2D eigenvalue weighted by atomic mass is 16.5. The number of nitrogens with one attached hydrogen (secondary N) is 1. The molecule has 0 saturated carbocycles. The highest BCUT2D eigenvalue weighted by Gasteiger charge is 2.31. The predicted molar refractivity (Wildman–Crippen MR) is 89.8 cm³/mol. The maximum Gasteiger partial charge on any atom is 0.123 e. The van der Waals surface area contributed by atoms with Gasteiger partial charge in [0.05, 0.1) is 0 Å². The molecule has 0 radical (unpaired) electrons. The zero-order valence-electron chi connectivity index (χ0n) is 14.3. The van der Waals surface area contributed by atoms with Crippen LogP contribution in [0.25, 0.3) is 0 Å². The maximum atomic E-state index is 6.13. The molecule has 1 heterocycles. The molecule has 1 N–H and O–H groups in total. The zero-order valence-corrected chi connectivity index (χ0v) is 14.3. The smallest absolute Gasteiger partial charge is 0.123 e. The van der Waals surface area contributed by atoms with E-state index in [2.05, 4.69) is 64.2 Å². The summed E-state index contributed by atoms with van der Waals surface area (Å²) in [6.07, 6.45) is 2.53. The topological polar surface area (TPSA) is 21.3 Å². The molecule has 21 heavy (non-hydrogen) atoms. The Balaban J connectivity index is 1.91. The standard InChI is InChI=1S/C19H31NO/c1-14(2)12-20-13-16(19(3,4)5)11-17-10-15-8-6-7-9-18(15)21-17/h6-9,14,16-17,20H,10-13H2,1-5H3. The predicted octanol–water partition coefficient (Wildman–Crippen LogP) is 4.29. The van der Waals surface area contributed by atoms with Crippen molar-refractivity contribution in [3.05, 3.63) is 29.8 Å². The summed E-state index contributed by atoms with van der Waals surface area (Å²) in [5.41, 5.74) is 1.67. The molecule has 0 bridgehead atoms. The quantitative estimate of drug-likeness (QED) is 0.843. The monoisotopic (exact) mass is 289 g/mol. The van der Waals surface area contributed by atoms with Gasteiger partial charge in [-0.05, 0) is 48.4 Å². The van der Waals surface area contributed by atoms with Crippen LogP contribution in [0, 0.1) is 17.3 Å². The fourth-order valence-electron chi connectivity index (χ4n) is 2.99. The molecular weight excluding hydrogens is 258 g/mol. The van der Waals surface area contributed by atoms with Crippen molar-refractivity contribution in [2.45, 2.75) is 53.6 Å². The lowest BCUT2D eigenvalue weighted by Gasteiger charge is -2.33. The van der Waals surface area contributed by atoms with Gasteiger partial charge in [-0.1, -0.05) is 52.8 Å². The van der Waals surface area contributed by atoms with Gasteiger partial charge in [0.1, 0.15) is 11.9 Å².